The molecule has 36 heavy (non-hydrogen) atoms. The van der Waals surface area contributed by atoms with E-state index < -0.39 is 36.2 Å². The summed E-state index contributed by atoms with van der Waals surface area (Å²) in [6.45, 7) is 6.18. The quantitative estimate of drug-likeness (QED) is 0.294. The number of rotatable bonds is 11. The van der Waals surface area contributed by atoms with Crippen LogP contribution in [0.1, 0.15) is 43.1 Å². The lowest BCUT2D eigenvalue weighted by Crippen LogP contribution is -2.54. The van der Waals surface area contributed by atoms with E-state index in [1.165, 1.54) is 0 Å². The maximum Gasteiger partial charge on any atom is 0.331 e. The summed E-state index contributed by atoms with van der Waals surface area (Å²) in [5.74, 6) is -1.23. The number of esters is 1. The van der Waals surface area contributed by atoms with E-state index in [9.17, 15) is 14.4 Å². The molecule has 0 unspecified atom stereocenters. The van der Waals surface area contributed by atoms with Crippen molar-refractivity contribution in [2.24, 2.45) is 0 Å². The van der Waals surface area contributed by atoms with Gasteiger partial charge in [-0.2, -0.15) is 0 Å². The van der Waals surface area contributed by atoms with Crippen LogP contribution in [0.15, 0.2) is 73.3 Å². The molecule has 0 saturated carbocycles. The van der Waals surface area contributed by atoms with Gasteiger partial charge in [0.1, 0.15) is 18.2 Å². The molecule has 8 nitrogen and oxygen atoms in total. The van der Waals surface area contributed by atoms with Gasteiger partial charge in [0.05, 0.1) is 13.2 Å². The molecule has 2 saturated heterocycles. The van der Waals surface area contributed by atoms with Gasteiger partial charge in [0.15, 0.2) is 12.1 Å². The van der Waals surface area contributed by atoms with Crippen molar-refractivity contribution < 1.29 is 28.6 Å². The first-order valence-corrected chi connectivity index (χ1v) is 12.3. The van der Waals surface area contributed by atoms with Crippen LogP contribution in [0, 0.1) is 0 Å². The van der Waals surface area contributed by atoms with E-state index in [2.05, 4.69) is 11.9 Å². The lowest BCUT2D eigenvalue weighted by molar-refractivity contribution is -0.153. The Kier molecular flexibility index (Phi) is 8.51. The highest BCUT2D eigenvalue weighted by molar-refractivity contribution is 5.93. The minimum Gasteiger partial charge on any atom is -0.464 e. The van der Waals surface area contributed by atoms with Gasteiger partial charge >= 0.3 is 5.97 Å². The van der Waals surface area contributed by atoms with Crippen LogP contribution in [-0.4, -0.2) is 60.6 Å². The van der Waals surface area contributed by atoms with Gasteiger partial charge in [-0.15, -0.1) is 6.58 Å². The molecule has 0 bridgehead atoms. The molecule has 2 fully saturated rings. The van der Waals surface area contributed by atoms with Gasteiger partial charge in [-0.25, -0.2) is 4.79 Å². The van der Waals surface area contributed by atoms with E-state index in [-0.39, 0.29) is 25.2 Å². The van der Waals surface area contributed by atoms with Crippen molar-refractivity contribution in [3.63, 3.8) is 0 Å². The minimum absolute atomic E-state index is 0.155. The maximum absolute atomic E-state index is 13.5. The Labute approximate surface area is 211 Å². The summed E-state index contributed by atoms with van der Waals surface area (Å²) >= 11 is 0. The zero-order chi connectivity index (χ0) is 25.5. The Morgan fingerprint density at radius 2 is 1.83 bits per heavy atom. The second-order valence-electron chi connectivity index (χ2n) is 8.77. The standard InChI is InChI=1S/C28H32N2O6/c1-3-18-35-23(19-12-7-5-8-13-19)22(28(33)34-4-2)29-26(31)21-16-11-17-30(21)27(32)25-24(36-25)20-14-9-6-10-15-20/h3,5-10,12-15,21-25H,1,4,11,16-18H2,2H3,(H,29,31)/t21-,22-,23-,24+,25+/m0/s1. The van der Waals surface area contributed by atoms with Crippen molar-refractivity contribution in [2.45, 2.75) is 50.2 Å². The van der Waals surface area contributed by atoms with Crippen molar-refractivity contribution in [3.05, 3.63) is 84.4 Å². The van der Waals surface area contributed by atoms with E-state index in [1.807, 2.05) is 60.7 Å². The Balaban J connectivity index is 1.49. The zero-order valence-corrected chi connectivity index (χ0v) is 20.4. The van der Waals surface area contributed by atoms with Gasteiger partial charge in [-0.1, -0.05) is 66.7 Å². The normalized spacial score (nSPS) is 22.4. The summed E-state index contributed by atoms with van der Waals surface area (Å²) in [7, 11) is 0. The third-order valence-electron chi connectivity index (χ3n) is 6.36. The second kappa shape index (κ2) is 12.0. The SMILES string of the molecule is C=CCO[C@@H](c1ccccc1)[C@H](NC(=O)[C@@H]1CCCN1C(=O)[C@@H]1O[C@@H]1c1ccccc1)C(=O)OCC. The van der Waals surface area contributed by atoms with E-state index in [1.54, 1.807) is 17.9 Å². The average Bonchev–Trinajstić information content (AvgIpc) is 3.56. The molecule has 5 atom stereocenters. The predicted octanol–water partition coefficient (Wildman–Crippen LogP) is 3.11. The molecular weight excluding hydrogens is 460 g/mol. The van der Waals surface area contributed by atoms with Crippen LogP contribution in [0.2, 0.25) is 0 Å². The summed E-state index contributed by atoms with van der Waals surface area (Å²) in [5.41, 5.74) is 1.65. The van der Waals surface area contributed by atoms with Crippen LogP contribution in [0.5, 0.6) is 0 Å². The summed E-state index contributed by atoms with van der Waals surface area (Å²) in [4.78, 5) is 41.2. The molecule has 1 N–H and O–H groups in total. The topological polar surface area (TPSA) is 97.5 Å². The fraction of sp³-hybridized carbons (Fsp3) is 0.393. The van der Waals surface area contributed by atoms with E-state index in [0.29, 0.717) is 24.9 Å². The van der Waals surface area contributed by atoms with Crippen LogP contribution in [0.25, 0.3) is 0 Å². The summed E-state index contributed by atoms with van der Waals surface area (Å²) in [6.07, 6.45) is 1.08. The molecule has 0 aliphatic carbocycles. The summed E-state index contributed by atoms with van der Waals surface area (Å²) in [6, 6.07) is 16.9. The molecule has 4 rings (SSSR count). The first-order valence-electron chi connectivity index (χ1n) is 12.3. The molecule has 190 valence electrons. The second-order valence-corrected chi connectivity index (χ2v) is 8.77. The summed E-state index contributed by atoms with van der Waals surface area (Å²) in [5, 5.41) is 2.83. The smallest absolute Gasteiger partial charge is 0.331 e. The Bertz CT molecular complexity index is 1060. The van der Waals surface area contributed by atoms with Crippen LogP contribution < -0.4 is 5.32 Å². The fourth-order valence-corrected chi connectivity index (χ4v) is 4.60. The van der Waals surface area contributed by atoms with E-state index in [0.717, 1.165) is 5.56 Å². The van der Waals surface area contributed by atoms with Crippen LogP contribution in [-0.2, 0) is 28.6 Å². The molecule has 0 radical (unpaired) electrons. The fourth-order valence-electron chi connectivity index (χ4n) is 4.60. The van der Waals surface area contributed by atoms with E-state index >= 15 is 0 Å². The number of nitrogens with zero attached hydrogens (tertiary/aromatic N) is 1. The molecule has 0 spiro atoms. The number of benzene rings is 2. The minimum atomic E-state index is -1.09. The number of hydrogen-bond donors (Lipinski definition) is 1. The molecule has 2 aliphatic rings. The first-order chi connectivity index (χ1) is 17.5. The van der Waals surface area contributed by atoms with Gasteiger partial charge in [0.25, 0.3) is 5.91 Å². The molecule has 8 heteroatoms. The molecule has 2 aromatic carbocycles. The Hall–Kier alpha value is -3.49. The van der Waals surface area contributed by atoms with Gasteiger partial charge in [0, 0.05) is 6.54 Å². The van der Waals surface area contributed by atoms with Crippen LogP contribution in [0.4, 0.5) is 0 Å². The molecule has 2 aliphatic heterocycles. The van der Waals surface area contributed by atoms with Crippen molar-refractivity contribution in [2.75, 3.05) is 19.8 Å². The van der Waals surface area contributed by atoms with Gasteiger partial charge in [-0.05, 0) is 30.9 Å². The maximum atomic E-state index is 13.5. The third-order valence-corrected chi connectivity index (χ3v) is 6.36. The lowest BCUT2D eigenvalue weighted by Gasteiger charge is -2.29. The molecular formula is C28H32N2O6. The first kappa shape index (κ1) is 25.6. The number of hydrogen-bond acceptors (Lipinski definition) is 6. The highest BCUT2D eigenvalue weighted by Crippen LogP contribution is 2.40. The van der Waals surface area contributed by atoms with Crippen LogP contribution >= 0.6 is 0 Å². The number of carbonyl (C=O) groups excluding carboxylic acids is 3. The van der Waals surface area contributed by atoms with Crippen LogP contribution in [0.3, 0.4) is 0 Å². The van der Waals surface area contributed by atoms with Crippen molar-refractivity contribution in [1.82, 2.24) is 10.2 Å². The van der Waals surface area contributed by atoms with Gasteiger partial charge in [0.2, 0.25) is 5.91 Å². The number of nitrogens with one attached hydrogen (secondary N) is 1. The highest BCUT2D eigenvalue weighted by Gasteiger charge is 2.51. The average molecular weight is 493 g/mol. The molecule has 2 heterocycles. The Morgan fingerprint density at radius 3 is 2.50 bits per heavy atom. The zero-order valence-electron chi connectivity index (χ0n) is 20.4. The van der Waals surface area contributed by atoms with E-state index in [4.69, 9.17) is 14.2 Å². The third kappa shape index (κ3) is 5.83. The molecule has 0 aromatic heterocycles. The number of epoxide rings is 1. The number of likely N-dealkylation sites (tertiary alicyclic amines) is 1. The number of amides is 2. The lowest BCUT2D eigenvalue weighted by atomic mass is 10.0. The Morgan fingerprint density at radius 1 is 1.14 bits per heavy atom. The predicted molar refractivity (Wildman–Crippen MR) is 133 cm³/mol. The molecule has 2 amide bonds. The highest BCUT2D eigenvalue weighted by atomic mass is 16.6. The summed E-state index contributed by atoms with van der Waals surface area (Å²) < 4.78 is 16.9. The van der Waals surface area contributed by atoms with Crippen molar-refractivity contribution in [3.8, 4) is 0 Å². The number of ether oxygens (including phenoxy) is 3. The molecule has 2 aromatic rings. The number of carbonyl (C=O) groups is 3. The van der Waals surface area contributed by atoms with Crippen molar-refractivity contribution in [1.29, 1.82) is 0 Å². The van der Waals surface area contributed by atoms with Gasteiger partial charge in [-0.3, -0.25) is 9.59 Å². The van der Waals surface area contributed by atoms with Crippen molar-refractivity contribution >= 4 is 17.8 Å². The monoisotopic (exact) mass is 492 g/mol. The largest absolute Gasteiger partial charge is 0.464 e. The van der Waals surface area contributed by atoms with Gasteiger partial charge < -0.3 is 24.4 Å².